The zero-order valence-corrected chi connectivity index (χ0v) is 15.4. The molecule has 0 bridgehead atoms. The van der Waals surface area contributed by atoms with Gasteiger partial charge in [-0.15, -0.1) is 10.2 Å². The van der Waals surface area contributed by atoms with Crippen LogP contribution in [0, 0.1) is 0 Å². The van der Waals surface area contributed by atoms with Gasteiger partial charge in [-0.3, -0.25) is 4.79 Å². The average Bonchev–Trinajstić information content (AvgIpc) is 3.01. The summed E-state index contributed by atoms with van der Waals surface area (Å²) in [6, 6.07) is 8.41. The van der Waals surface area contributed by atoms with E-state index in [9.17, 15) is 4.79 Å². The Morgan fingerprint density at radius 1 is 1.18 bits per heavy atom. The van der Waals surface area contributed by atoms with Crippen molar-refractivity contribution in [3.8, 4) is 0 Å². The average molecular weight is 354 g/mol. The number of rotatable bonds is 7. The summed E-state index contributed by atoms with van der Waals surface area (Å²) < 4.78 is 1.78. The van der Waals surface area contributed by atoms with Gasteiger partial charge < -0.3 is 4.90 Å². The van der Waals surface area contributed by atoms with E-state index >= 15 is 0 Å². The number of amides is 1. The van der Waals surface area contributed by atoms with Gasteiger partial charge in [0.1, 0.15) is 0 Å². The minimum atomic E-state index is 0.102. The lowest BCUT2D eigenvalue weighted by Crippen LogP contribution is -2.27. The molecule has 2 rings (SSSR count). The summed E-state index contributed by atoms with van der Waals surface area (Å²) >= 11 is 4.55. The molecule has 1 heterocycles. The van der Waals surface area contributed by atoms with Gasteiger partial charge in [-0.05, 0) is 23.8 Å². The molecule has 118 valence electrons. The molecular weight excluding hydrogens is 334 g/mol. The first-order valence-electron chi connectivity index (χ1n) is 6.94. The van der Waals surface area contributed by atoms with Gasteiger partial charge in [0, 0.05) is 13.6 Å². The van der Waals surface area contributed by atoms with Crippen LogP contribution < -0.4 is 0 Å². The maximum Gasteiger partial charge on any atom is 0.233 e. The van der Waals surface area contributed by atoms with Gasteiger partial charge in [0.2, 0.25) is 5.91 Å². The smallest absolute Gasteiger partial charge is 0.233 e. The van der Waals surface area contributed by atoms with Crippen molar-refractivity contribution in [3.63, 3.8) is 0 Å². The predicted molar refractivity (Wildman–Crippen MR) is 94.7 cm³/mol. The van der Waals surface area contributed by atoms with Gasteiger partial charge in [-0.25, -0.2) is 0 Å². The molecule has 0 aliphatic rings. The molecule has 0 saturated carbocycles. The normalized spacial score (nSPS) is 10.7. The van der Waals surface area contributed by atoms with E-state index < -0.39 is 0 Å². The first-order chi connectivity index (χ1) is 10.6. The predicted octanol–water partition coefficient (Wildman–Crippen LogP) is 3.57. The molecule has 2 aromatic rings. The van der Waals surface area contributed by atoms with Crippen LogP contribution in [-0.4, -0.2) is 40.1 Å². The highest BCUT2D eigenvalue weighted by Gasteiger charge is 2.12. The van der Waals surface area contributed by atoms with E-state index in [0.29, 0.717) is 12.3 Å². The van der Waals surface area contributed by atoms with Gasteiger partial charge in [0.25, 0.3) is 0 Å². The standard InChI is InChI=1S/C15H19N3OS3/c1-4-11-5-7-12(8-6-11)9-18(2)13(19)10-21-15-17-16-14(20-3)22-15/h5-8H,4,9-10H2,1-3H3. The topological polar surface area (TPSA) is 46.1 Å². The molecule has 0 spiro atoms. The van der Waals surface area contributed by atoms with Crippen LogP contribution in [0.4, 0.5) is 0 Å². The fourth-order valence-electron chi connectivity index (χ4n) is 1.81. The summed E-state index contributed by atoms with van der Waals surface area (Å²) in [4.78, 5) is 13.9. The second kappa shape index (κ2) is 8.55. The molecule has 0 aliphatic carbocycles. The molecule has 0 radical (unpaired) electrons. The Balaban J connectivity index is 1.83. The molecule has 4 nitrogen and oxygen atoms in total. The van der Waals surface area contributed by atoms with Gasteiger partial charge in [-0.1, -0.05) is 66.0 Å². The quantitative estimate of drug-likeness (QED) is 0.712. The molecule has 1 aromatic carbocycles. The number of carbonyl (C=O) groups is 1. The van der Waals surface area contributed by atoms with E-state index in [-0.39, 0.29) is 5.91 Å². The summed E-state index contributed by atoms with van der Waals surface area (Å²) in [5, 5.41) is 8.09. The summed E-state index contributed by atoms with van der Waals surface area (Å²) in [6.45, 7) is 2.77. The Morgan fingerprint density at radius 2 is 1.82 bits per heavy atom. The van der Waals surface area contributed by atoms with Gasteiger partial charge in [0.15, 0.2) is 8.68 Å². The molecule has 0 N–H and O–H groups in total. The van der Waals surface area contributed by atoms with Crippen molar-refractivity contribution >= 4 is 40.8 Å². The maximum absolute atomic E-state index is 12.2. The molecule has 0 atom stereocenters. The van der Waals surface area contributed by atoms with Crippen molar-refractivity contribution in [1.29, 1.82) is 0 Å². The Kier molecular flexibility index (Phi) is 6.72. The first-order valence-corrected chi connectivity index (χ1v) is 9.97. The largest absolute Gasteiger partial charge is 0.341 e. The molecule has 0 fully saturated rings. The van der Waals surface area contributed by atoms with Gasteiger partial charge >= 0.3 is 0 Å². The molecule has 0 aliphatic heterocycles. The molecule has 1 amide bonds. The van der Waals surface area contributed by atoms with Crippen LogP contribution in [0.15, 0.2) is 32.9 Å². The number of benzene rings is 1. The third kappa shape index (κ3) is 5.00. The number of aryl methyl sites for hydroxylation is 1. The Morgan fingerprint density at radius 3 is 2.41 bits per heavy atom. The monoisotopic (exact) mass is 353 g/mol. The number of thioether (sulfide) groups is 2. The van der Waals surface area contributed by atoms with Crippen molar-refractivity contribution in [2.45, 2.75) is 28.6 Å². The molecule has 22 heavy (non-hydrogen) atoms. The lowest BCUT2D eigenvalue weighted by molar-refractivity contribution is -0.127. The highest BCUT2D eigenvalue weighted by molar-refractivity contribution is 8.03. The third-order valence-electron chi connectivity index (χ3n) is 3.16. The van der Waals surface area contributed by atoms with Crippen LogP contribution in [0.2, 0.25) is 0 Å². The summed E-state index contributed by atoms with van der Waals surface area (Å²) in [6.07, 6.45) is 3.00. The zero-order chi connectivity index (χ0) is 15.9. The van der Waals surface area contributed by atoms with Crippen LogP contribution >= 0.6 is 34.9 Å². The third-order valence-corrected chi connectivity index (χ3v) is 6.18. The highest BCUT2D eigenvalue weighted by atomic mass is 32.2. The Bertz CT molecular complexity index is 613. The minimum absolute atomic E-state index is 0.102. The van der Waals surface area contributed by atoms with Crippen molar-refractivity contribution in [2.24, 2.45) is 0 Å². The maximum atomic E-state index is 12.2. The molecular formula is C15H19N3OS3. The molecule has 1 aromatic heterocycles. The Hall–Kier alpha value is -1.05. The summed E-state index contributed by atoms with van der Waals surface area (Å²) in [7, 11) is 1.84. The Labute approximate surface area is 143 Å². The number of hydrogen-bond donors (Lipinski definition) is 0. The van der Waals surface area contributed by atoms with Gasteiger partial charge in [-0.2, -0.15) is 0 Å². The van der Waals surface area contributed by atoms with E-state index in [1.807, 2.05) is 13.3 Å². The number of hydrogen-bond acceptors (Lipinski definition) is 6. The SMILES string of the molecule is CCc1ccc(CN(C)C(=O)CSc2nnc(SC)s2)cc1. The van der Waals surface area contributed by atoms with Crippen molar-refractivity contribution in [1.82, 2.24) is 15.1 Å². The second-order valence-corrected chi connectivity index (χ2v) is 8.00. The van der Waals surface area contributed by atoms with Crippen molar-refractivity contribution in [2.75, 3.05) is 19.1 Å². The van der Waals surface area contributed by atoms with Gasteiger partial charge in [0.05, 0.1) is 5.75 Å². The number of carbonyl (C=O) groups excluding carboxylic acids is 1. The lowest BCUT2D eigenvalue weighted by atomic mass is 10.1. The van der Waals surface area contributed by atoms with Crippen LogP contribution in [0.25, 0.3) is 0 Å². The number of aromatic nitrogens is 2. The van der Waals surface area contributed by atoms with E-state index in [4.69, 9.17) is 0 Å². The summed E-state index contributed by atoms with van der Waals surface area (Å²) in [5.41, 5.74) is 2.47. The van der Waals surface area contributed by atoms with Crippen LogP contribution in [0.1, 0.15) is 18.1 Å². The molecule has 0 saturated heterocycles. The first kappa shape index (κ1) is 17.3. The lowest BCUT2D eigenvalue weighted by Gasteiger charge is -2.17. The summed E-state index contributed by atoms with van der Waals surface area (Å²) in [5.74, 6) is 0.498. The fourth-order valence-corrected chi connectivity index (χ4v) is 4.19. The van der Waals surface area contributed by atoms with Crippen LogP contribution in [0.5, 0.6) is 0 Å². The highest BCUT2D eigenvalue weighted by Crippen LogP contribution is 2.27. The fraction of sp³-hybridized carbons (Fsp3) is 0.400. The van der Waals surface area contributed by atoms with Crippen molar-refractivity contribution < 1.29 is 4.79 Å². The van der Waals surface area contributed by atoms with E-state index in [1.54, 1.807) is 16.7 Å². The second-order valence-electron chi connectivity index (χ2n) is 4.75. The van der Waals surface area contributed by atoms with E-state index in [1.165, 1.54) is 28.7 Å². The molecule has 0 unspecified atom stereocenters. The van der Waals surface area contributed by atoms with E-state index in [2.05, 4.69) is 41.4 Å². The minimum Gasteiger partial charge on any atom is -0.341 e. The van der Waals surface area contributed by atoms with Crippen LogP contribution in [0.3, 0.4) is 0 Å². The van der Waals surface area contributed by atoms with Crippen molar-refractivity contribution in [3.05, 3.63) is 35.4 Å². The molecule has 7 heteroatoms. The number of nitrogens with zero attached hydrogens (tertiary/aromatic N) is 3. The zero-order valence-electron chi connectivity index (χ0n) is 12.9. The van der Waals surface area contributed by atoms with Crippen LogP contribution in [-0.2, 0) is 17.8 Å². The van der Waals surface area contributed by atoms with E-state index in [0.717, 1.165) is 20.7 Å².